The average Bonchev–Trinajstić information content (AvgIpc) is 3.21. The lowest BCUT2D eigenvalue weighted by atomic mass is 9.85. The van der Waals surface area contributed by atoms with Gasteiger partial charge < -0.3 is 9.64 Å². The first kappa shape index (κ1) is 16.8. The Kier molecular flexibility index (Phi) is 5.21. The van der Waals surface area contributed by atoms with Gasteiger partial charge in [0, 0.05) is 13.2 Å². The highest BCUT2D eigenvalue weighted by Gasteiger charge is 2.35. The van der Waals surface area contributed by atoms with Gasteiger partial charge in [-0.15, -0.1) is 0 Å². The minimum Gasteiger partial charge on any atom is -0.381 e. The summed E-state index contributed by atoms with van der Waals surface area (Å²) in [7, 11) is 0. The summed E-state index contributed by atoms with van der Waals surface area (Å²) in [5, 5.41) is 0. The number of rotatable bonds is 4. The second kappa shape index (κ2) is 7.74. The molecule has 1 aromatic rings. The molecule has 134 valence electrons. The standard InChI is InChI=1S/C22H29NO2/c24-22(19-13-14-25-16-19)23(15-17-7-2-1-3-8-17)21-12-6-10-18-9-4-5-11-20(18)21/h1-2,4-5,9,11,17,19,21H,3,6-8,10,12-16H2/t17-,19-,21-/m1/s1. The van der Waals surface area contributed by atoms with Crippen molar-refractivity contribution in [1.82, 2.24) is 4.90 Å². The molecule has 1 amide bonds. The summed E-state index contributed by atoms with van der Waals surface area (Å²) >= 11 is 0. The molecule has 0 N–H and O–H groups in total. The summed E-state index contributed by atoms with van der Waals surface area (Å²) in [6.07, 6.45) is 12.3. The Hall–Kier alpha value is -1.61. The molecule has 1 saturated heterocycles. The Morgan fingerprint density at radius 3 is 2.88 bits per heavy atom. The average molecular weight is 339 g/mol. The van der Waals surface area contributed by atoms with Crippen molar-refractivity contribution in [1.29, 1.82) is 0 Å². The fourth-order valence-corrected chi connectivity index (χ4v) is 4.69. The number of allylic oxidation sites excluding steroid dienone is 2. The number of amides is 1. The van der Waals surface area contributed by atoms with Gasteiger partial charge >= 0.3 is 0 Å². The first-order chi connectivity index (χ1) is 12.3. The Morgan fingerprint density at radius 1 is 1.16 bits per heavy atom. The number of aryl methyl sites for hydroxylation is 1. The zero-order chi connectivity index (χ0) is 17.1. The van der Waals surface area contributed by atoms with E-state index in [0.29, 0.717) is 18.4 Å². The van der Waals surface area contributed by atoms with Crippen LogP contribution < -0.4 is 0 Å². The monoisotopic (exact) mass is 339 g/mol. The zero-order valence-corrected chi connectivity index (χ0v) is 15.0. The number of nitrogens with zero attached hydrogens (tertiary/aromatic N) is 1. The molecule has 4 rings (SSSR count). The summed E-state index contributed by atoms with van der Waals surface area (Å²) in [6, 6.07) is 8.99. The highest BCUT2D eigenvalue weighted by atomic mass is 16.5. The van der Waals surface area contributed by atoms with Crippen LogP contribution in [0.5, 0.6) is 0 Å². The maximum Gasteiger partial charge on any atom is 0.228 e. The molecule has 2 aliphatic carbocycles. The Morgan fingerprint density at radius 2 is 2.08 bits per heavy atom. The molecule has 1 fully saturated rings. The number of carbonyl (C=O) groups excluding carboxylic acids is 1. The predicted octanol–water partition coefficient (Wildman–Crippen LogP) is 4.29. The second-order valence-electron chi connectivity index (χ2n) is 7.81. The van der Waals surface area contributed by atoms with Gasteiger partial charge in [-0.2, -0.15) is 0 Å². The third kappa shape index (κ3) is 3.67. The van der Waals surface area contributed by atoms with Crippen LogP contribution in [0.3, 0.4) is 0 Å². The van der Waals surface area contributed by atoms with Crippen molar-refractivity contribution < 1.29 is 9.53 Å². The fraction of sp³-hybridized carbons (Fsp3) is 0.591. The van der Waals surface area contributed by atoms with E-state index in [-0.39, 0.29) is 12.0 Å². The predicted molar refractivity (Wildman–Crippen MR) is 99.2 cm³/mol. The van der Waals surface area contributed by atoms with Crippen molar-refractivity contribution in [3.05, 3.63) is 47.5 Å². The van der Waals surface area contributed by atoms with Gasteiger partial charge in [-0.25, -0.2) is 0 Å². The lowest BCUT2D eigenvalue weighted by Gasteiger charge is -2.39. The van der Waals surface area contributed by atoms with E-state index in [0.717, 1.165) is 45.3 Å². The van der Waals surface area contributed by atoms with Crippen LogP contribution in [0.2, 0.25) is 0 Å². The van der Waals surface area contributed by atoms with E-state index in [9.17, 15) is 4.79 Å². The fourth-order valence-electron chi connectivity index (χ4n) is 4.69. The third-order valence-electron chi connectivity index (χ3n) is 6.11. The van der Waals surface area contributed by atoms with E-state index in [1.807, 2.05) is 0 Å². The van der Waals surface area contributed by atoms with E-state index in [1.54, 1.807) is 0 Å². The molecule has 3 nitrogen and oxygen atoms in total. The van der Waals surface area contributed by atoms with Gasteiger partial charge in [0.1, 0.15) is 0 Å². The van der Waals surface area contributed by atoms with Gasteiger partial charge in [0.15, 0.2) is 0 Å². The summed E-state index contributed by atoms with van der Waals surface area (Å²) in [5.74, 6) is 0.993. The molecule has 0 aromatic heterocycles. The molecule has 0 radical (unpaired) electrons. The first-order valence-corrected chi connectivity index (χ1v) is 9.94. The van der Waals surface area contributed by atoms with Crippen LogP contribution in [0.1, 0.15) is 55.7 Å². The molecule has 1 heterocycles. The van der Waals surface area contributed by atoms with Crippen LogP contribution in [-0.4, -0.2) is 30.6 Å². The number of hydrogen-bond acceptors (Lipinski definition) is 2. The van der Waals surface area contributed by atoms with Gasteiger partial charge in [0.05, 0.1) is 18.6 Å². The Bertz CT molecular complexity index is 633. The maximum atomic E-state index is 13.4. The minimum atomic E-state index is 0.0632. The Balaban J connectivity index is 1.60. The van der Waals surface area contributed by atoms with Crippen molar-refractivity contribution >= 4 is 5.91 Å². The Labute approximate surface area is 151 Å². The van der Waals surface area contributed by atoms with E-state index >= 15 is 0 Å². The van der Waals surface area contributed by atoms with Gasteiger partial charge in [0.2, 0.25) is 5.91 Å². The number of hydrogen-bond donors (Lipinski definition) is 0. The number of carbonyl (C=O) groups is 1. The lowest BCUT2D eigenvalue weighted by Crippen LogP contribution is -2.43. The normalized spacial score (nSPS) is 28.6. The quantitative estimate of drug-likeness (QED) is 0.766. The van der Waals surface area contributed by atoms with Crippen molar-refractivity contribution in [3.8, 4) is 0 Å². The summed E-state index contributed by atoms with van der Waals surface area (Å²) in [4.78, 5) is 15.6. The molecule has 0 unspecified atom stereocenters. The summed E-state index contributed by atoms with van der Waals surface area (Å²) in [5.41, 5.74) is 2.81. The maximum absolute atomic E-state index is 13.4. The van der Waals surface area contributed by atoms with E-state index in [4.69, 9.17) is 4.74 Å². The van der Waals surface area contributed by atoms with Crippen molar-refractivity contribution in [2.24, 2.45) is 11.8 Å². The van der Waals surface area contributed by atoms with E-state index in [2.05, 4.69) is 41.3 Å². The van der Waals surface area contributed by atoms with Crippen LogP contribution in [-0.2, 0) is 16.0 Å². The van der Waals surface area contributed by atoms with Crippen LogP contribution in [0.15, 0.2) is 36.4 Å². The molecule has 3 aliphatic rings. The second-order valence-corrected chi connectivity index (χ2v) is 7.81. The molecule has 0 saturated carbocycles. The SMILES string of the molecule is O=C([C@@H]1CCOC1)N(C[C@@H]1CC=CCC1)[C@@H]1CCCc2ccccc21. The smallest absolute Gasteiger partial charge is 0.228 e. The summed E-state index contributed by atoms with van der Waals surface area (Å²) < 4.78 is 5.52. The molecule has 3 heteroatoms. The third-order valence-corrected chi connectivity index (χ3v) is 6.11. The number of ether oxygens (including phenoxy) is 1. The first-order valence-electron chi connectivity index (χ1n) is 9.94. The molecule has 1 aromatic carbocycles. The molecule has 1 aliphatic heterocycles. The van der Waals surface area contributed by atoms with Crippen LogP contribution in [0.4, 0.5) is 0 Å². The molecular weight excluding hydrogens is 310 g/mol. The van der Waals surface area contributed by atoms with Gasteiger partial charge in [-0.05, 0) is 62.0 Å². The number of benzene rings is 1. The topological polar surface area (TPSA) is 29.5 Å². The molecule has 0 spiro atoms. The van der Waals surface area contributed by atoms with Gasteiger partial charge in [0.25, 0.3) is 0 Å². The summed E-state index contributed by atoms with van der Waals surface area (Å²) in [6.45, 7) is 2.24. The highest BCUT2D eigenvalue weighted by molar-refractivity contribution is 5.80. The number of fused-ring (bicyclic) bond motifs is 1. The van der Waals surface area contributed by atoms with Crippen molar-refractivity contribution in [2.75, 3.05) is 19.8 Å². The van der Waals surface area contributed by atoms with Crippen LogP contribution >= 0.6 is 0 Å². The molecule has 25 heavy (non-hydrogen) atoms. The van der Waals surface area contributed by atoms with E-state index in [1.165, 1.54) is 24.0 Å². The van der Waals surface area contributed by atoms with Gasteiger partial charge in [-0.1, -0.05) is 36.4 Å². The largest absolute Gasteiger partial charge is 0.381 e. The zero-order valence-electron chi connectivity index (χ0n) is 15.0. The lowest BCUT2D eigenvalue weighted by molar-refractivity contribution is -0.139. The van der Waals surface area contributed by atoms with Crippen molar-refractivity contribution in [2.45, 2.75) is 51.0 Å². The highest BCUT2D eigenvalue weighted by Crippen LogP contribution is 2.37. The van der Waals surface area contributed by atoms with Gasteiger partial charge in [-0.3, -0.25) is 4.79 Å². The van der Waals surface area contributed by atoms with E-state index < -0.39 is 0 Å². The minimum absolute atomic E-state index is 0.0632. The van der Waals surface area contributed by atoms with Crippen LogP contribution in [0, 0.1) is 11.8 Å². The van der Waals surface area contributed by atoms with Crippen LogP contribution in [0.25, 0.3) is 0 Å². The molecular formula is C22H29NO2. The molecule has 0 bridgehead atoms. The molecule has 3 atom stereocenters. The van der Waals surface area contributed by atoms with Crippen molar-refractivity contribution in [3.63, 3.8) is 0 Å².